The summed E-state index contributed by atoms with van der Waals surface area (Å²) in [5, 5.41) is 6.81. The van der Waals surface area contributed by atoms with Gasteiger partial charge in [-0.15, -0.1) is 12.4 Å². The molecule has 1 aromatic carbocycles. The largest absolute Gasteiger partial charge is 0.489 e. The molecule has 2 heterocycles. The molecule has 0 aromatic heterocycles. The first-order chi connectivity index (χ1) is 11.2. The normalized spacial score (nSPS) is 19.3. The van der Waals surface area contributed by atoms with Crippen molar-refractivity contribution < 1.29 is 14.3 Å². The summed E-state index contributed by atoms with van der Waals surface area (Å²) in [6.45, 7) is 3.79. The highest BCUT2D eigenvalue weighted by atomic mass is 35.5. The third-order valence-corrected chi connectivity index (χ3v) is 4.57. The van der Waals surface area contributed by atoms with Gasteiger partial charge in [-0.3, -0.25) is 4.79 Å². The van der Waals surface area contributed by atoms with Crippen molar-refractivity contribution in [1.29, 1.82) is 0 Å². The van der Waals surface area contributed by atoms with Crippen molar-refractivity contribution in [2.24, 2.45) is 5.92 Å². The molecule has 1 saturated heterocycles. The highest BCUT2D eigenvalue weighted by molar-refractivity contribution is 6.32. The highest BCUT2D eigenvalue weighted by Crippen LogP contribution is 2.37. The zero-order valence-electron chi connectivity index (χ0n) is 13.6. The zero-order chi connectivity index (χ0) is 16.1. The molecule has 134 valence electrons. The molecule has 0 saturated carbocycles. The van der Waals surface area contributed by atoms with Crippen LogP contribution in [0.3, 0.4) is 0 Å². The third kappa shape index (κ3) is 5.16. The van der Waals surface area contributed by atoms with Crippen LogP contribution in [0.1, 0.15) is 31.2 Å². The summed E-state index contributed by atoms with van der Waals surface area (Å²) in [6, 6.07) is 3.73. The highest BCUT2D eigenvalue weighted by Gasteiger charge is 2.17. The van der Waals surface area contributed by atoms with Gasteiger partial charge in [-0.1, -0.05) is 11.6 Å². The zero-order valence-corrected chi connectivity index (χ0v) is 15.2. The number of hydrogen-bond acceptors (Lipinski definition) is 4. The molecule has 1 amide bonds. The van der Waals surface area contributed by atoms with Gasteiger partial charge >= 0.3 is 0 Å². The van der Waals surface area contributed by atoms with Crippen LogP contribution in [-0.4, -0.2) is 32.2 Å². The van der Waals surface area contributed by atoms with Gasteiger partial charge in [0.2, 0.25) is 5.91 Å². The van der Waals surface area contributed by atoms with E-state index < -0.39 is 0 Å². The van der Waals surface area contributed by atoms with Gasteiger partial charge in [0.1, 0.15) is 0 Å². The summed E-state index contributed by atoms with van der Waals surface area (Å²) in [7, 11) is 0. The molecule has 2 N–H and O–H groups in total. The number of carbonyl (C=O) groups excluding carboxylic acids is 1. The second kappa shape index (κ2) is 9.35. The number of amides is 1. The summed E-state index contributed by atoms with van der Waals surface area (Å²) in [4.78, 5) is 12.0. The van der Waals surface area contributed by atoms with Crippen LogP contribution in [0.5, 0.6) is 11.5 Å². The lowest BCUT2D eigenvalue weighted by molar-refractivity contribution is -0.121. The predicted molar refractivity (Wildman–Crippen MR) is 96.4 cm³/mol. The monoisotopic (exact) mass is 374 g/mol. The van der Waals surface area contributed by atoms with Crippen LogP contribution in [0, 0.1) is 5.92 Å². The number of fused-ring (bicyclic) bond motifs is 1. The lowest BCUT2D eigenvalue weighted by atomic mass is 10.0. The van der Waals surface area contributed by atoms with Gasteiger partial charge in [0.25, 0.3) is 0 Å². The quantitative estimate of drug-likeness (QED) is 0.831. The Morgan fingerprint density at radius 3 is 2.96 bits per heavy atom. The van der Waals surface area contributed by atoms with Crippen molar-refractivity contribution in [3.8, 4) is 11.5 Å². The topological polar surface area (TPSA) is 59.6 Å². The minimum absolute atomic E-state index is 0. The summed E-state index contributed by atoms with van der Waals surface area (Å²) in [5.41, 5.74) is 0.926. The van der Waals surface area contributed by atoms with E-state index in [0.717, 1.165) is 31.5 Å². The average molecular weight is 375 g/mol. The Morgan fingerprint density at radius 1 is 1.33 bits per heavy atom. The first kappa shape index (κ1) is 19.2. The van der Waals surface area contributed by atoms with Gasteiger partial charge in [-0.05, 0) is 49.5 Å². The van der Waals surface area contributed by atoms with E-state index in [1.165, 1.54) is 6.42 Å². The van der Waals surface area contributed by atoms with Crippen LogP contribution in [-0.2, 0) is 11.3 Å². The summed E-state index contributed by atoms with van der Waals surface area (Å²) in [5.74, 6) is 1.98. The molecule has 5 nitrogen and oxygen atoms in total. The van der Waals surface area contributed by atoms with Gasteiger partial charge in [0.05, 0.1) is 18.2 Å². The van der Waals surface area contributed by atoms with Crippen LogP contribution in [0.2, 0.25) is 5.02 Å². The van der Waals surface area contributed by atoms with Crippen LogP contribution >= 0.6 is 24.0 Å². The van der Waals surface area contributed by atoms with Crippen molar-refractivity contribution in [2.45, 2.75) is 32.2 Å². The second-order valence-corrected chi connectivity index (χ2v) is 6.54. The molecular formula is C17H24Cl2N2O3. The standard InChI is InChI=1S/C17H23ClN2O3.ClH/c18-14-8-13(9-15-17(14)23-7-1-6-22-15)11-20-16(21)3-2-12-4-5-19-10-12;/h8-9,12,19H,1-7,10-11H2,(H,20,21);1H. The summed E-state index contributed by atoms with van der Waals surface area (Å²) in [6.07, 6.45) is 3.53. The lowest BCUT2D eigenvalue weighted by Crippen LogP contribution is -2.23. The van der Waals surface area contributed by atoms with Gasteiger partial charge < -0.3 is 20.1 Å². The van der Waals surface area contributed by atoms with Gasteiger partial charge in [0.15, 0.2) is 11.5 Å². The number of benzene rings is 1. The van der Waals surface area contributed by atoms with Crippen LogP contribution in [0.25, 0.3) is 0 Å². The fourth-order valence-corrected chi connectivity index (χ4v) is 3.26. The molecule has 2 aliphatic heterocycles. The van der Waals surface area contributed by atoms with Gasteiger partial charge in [0, 0.05) is 19.4 Å². The maximum absolute atomic E-state index is 12.0. The van der Waals surface area contributed by atoms with Crippen molar-refractivity contribution in [1.82, 2.24) is 10.6 Å². The number of ether oxygens (including phenoxy) is 2. The molecule has 3 rings (SSSR count). The number of rotatable bonds is 5. The average Bonchev–Trinajstić information content (AvgIpc) is 2.95. The molecule has 0 aliphatic carbocycles. The summed E-state index contributed by atoms with van der Waals surface area (Å²) < 4.78 is 11.3. The van der Waals surface area contributed by atoms with Crippen molar-refractivity contribution in [2.75, 3.05) is 26.3 Å². The minimum atomic E-state index is 0. The Labute approximate surface area is 153 Å². The van der Waals surface area contributed by atoms with E-state index in [4.69, 9.17) is 21.1 Å². The second-order valence-electron chi connectivity index (χ2n) is 6.13. The number of carbonyl (C=O) groups is 1. The van der Waals surface area contributed by atoms with Crippen molar-refractivity contribution in [3.05, 3.63) is 22.7 Å². The van der Waals surface area contributed by atoms with Crippen LogP contribution in [0.4, 0.5) is 0 Å². The molecular weight excluding hydrogens is 351 g/mol. The van der Waals surface area contributed by atoms with Gasteiger partial charge in [-0.2, -0.15) is 0 Å². The molecule has 1 aromatic rings. The van der Waals surface area contributed by atoms with E-state index in [1.54, 1.807) is 0 Å². The molecule has 1 unspecified atom stereocenters. The molecule has 7 heteroatoms. The SMILES string of the molecule is Cl.O=C(CCC1CCNC1)NCc1cc(Cl)c2c(c1)OCCCO2. The Hall–Kier alpha value is -1.17. The van der Waals surface area contributed by atoms with E-state index >= 15 is 0 Å². The number of hydrogen-bond donors (Lipinski definition) is 2. The Bertz CT molecular complexity index is 563. The van der Waals surface area contributed by atoms with E-state index in [9.17, 15) is 4.79 Å². The Morgan fingerprint density at radius 2 is 2.17 bits per heavy atom. The lowest BCUT2D eigenvalue weighted by Gasteiger charge is -2.12. The number of halogens is 2. The molecule has 0 spiro atoms. The van der Waals surface area contributed by atoms with E-state index in [2.05, 4.69) is 10.6 Å². The Kier molecular flexibility index (Phi) is 7.46. The molecule has 24 heavy (non-hydrogen) atoms. The van der Waals surface area contributed by atoms with E-state index in [0.29, 0.717) is 48.6 Å². The molecule has 1 atom stereocenters. The first-order valence-corrected chi connectivity index (χ1v) is 8.65. The van der Waals surface area contributed by atoms with Crippen LogP contribution in [0.15, 0.2) is 12.1 Å². The Balaban J connectivity index is 0.00000208. The maximum atomic E-state index is 12.0. The maximum Gasteiger partial charge on any atom is 0.220 e. The fourth-order valence-electron chi connectivity index (χ4n) is 2.97. The van der Waals surface area contributed by atoms with Gasteiger partial charge in [-0.25, -0.2) is 0 Å². The molecule has 2 aliphatic rings. The minimum Gasteiger partial charge on any atom is -0.489 e. The van der Waals surface area contributed by atoms with Crippen LogP contribution < -0.4 is 20.1 Å². The molecule has 0 bridgehead atoms. The number of nitrogens with one attached hydrogen (secondary N) is 2. The van der Waals surface area contributed by atoms with E-state index in [-0.39, 0.29) is 18.3 Å². The third-order valence-electron chi connectivity index (χ3n) is 4.29. The predicted octanol–water partition coefficient (Wildman–Crippen LogP) is 2.93. The molecule has 1 fully saturated rings. The fraction of sp³-hybridized carbons (Fsp3) is 0.588. The molecule has 0 radical (unpaired) electrons. The first-order valence-electron chi connectivity index (χ1n) is 8.28. The smallest absolute Gasteiger partial charge is 0.220 e. The van der Waals surface area contributed by atoms with Crippen molar-refractivity contribution >= 4 is 29.9 Å². The van der Waals surface area contributed by atoms with E-state index in [1.807, 2.05) is 12.1 Å². The van der Waals surface area contributed by atoms with Crippen molar-refractivity contribution in [3.63, 3.8) is 0 Å². The summed E-state index contributed by atoms with van der Waals surface area (Å²) >= 11 is 6.26.